The molecule has 2 saturated heterocycles. The third-order valence-corrected chi connectivity index (χ3v) is 7.31. The summed E-state index contributed by atoms with van der Waals surface area (Å²) in [5.41, 5.74) is 0.615. The summed E-state index contributed by atoms with van der Waals surface area (Å²) in [6.07, 6.45) is 6.44. The predicted molar refractivity (Wildman–Crippen MR) is 121 cm³/mol. The van der Waals surface area contributed by atoms with Crippen molar-refractivity contribution in [1.82, 2.24) is 9.91 Å². The summed E-state index contributed by atoms with van der Waals surface area (Å²) in [7, 11) is 1.50. The highest BCUT2D eigenvalue weighted by atomic mass is 79.9. The van der Waals surface area contributed by atoms with E-state index in [0.29, 0.717) is 47.8 Å². The van der Waals surface area contributed by atoms with Gasteiger partial charge in [-0.1, -0.05) is 12.2 Å². The smallest absolute Gasteiger partial charge is 0.260 e. The number of carbonyl (C=O) groups is 3. The highest BCUT2D eigenvalue weighted by Crippen LogP contribution is 2.52. The molecule has 3 fully saturated rings. The summed E-state index contributed by atoms with van der Waals surface area (Å²) < 4.78 is 17.0. The van der Waals surface area contributed by atoms with Gasteiger partial charge in [0.1, 0.15) is 0 Å². The Hall–Kier alpha value is -2.72. The lowest BCUT2D eigenvalue weighted by Gasteiger charge is -2.27. The molecule has 2 aliphatic carbocycles. The van der Waals surface area contributed by atoms with Crippen LogP contribution >= 0.6 is 15.9 Å². The first-order valence-corrected chi connectivity index (χ1v) is 11.7. The Morgan fingerprint density at radius 3 is 2.48 bits per heavy atom. The van der Waals surface area contributed by atoms with Crippen molar-refractivity contribution in [1.29, 1.82) is 0 Å². The van der Waals surface area contributed by atoms with Gasteiger partial charge in [0, 0.05) is 13.1 Å². The van der Waals surface area contributed by atoms with Crippen molar-refractivity contribution < 1.29 is 28.6 Å². The van der Waals surface area contributed by atoms with Gasteiger partial charge in [0.25, 0.3) is 17.7 Å². The monoisotopic (exact) mass is 517 g/mol. The Kier molecular flexibility index (Phi) is 5.96. The minimum Gasteiger partial charge on any atom is -0.493 e. The van der Waals surface area contributed by atoms with E-state index < -0.39 is 0 Å². The third-order valence-electron chi connectivity index (χ3n) is 6.72. The topological polar surface area (TPSA) is 97.7 Å². The van der Waals surface area contributed by atoms with E-state index in [0.717, 1.165) is 11.4 Å². The lowest BCUT2D eigenvalue weighted by Crippen LogP contribution is -2.43. The van der Waals surface area contributed by atoms with Gasteiger partial charge in [-0.2, -0.15) is 10.1 Å². The van der Waals surface area contributed by atoms with Gasteiger partial charge in [0.15, 0.2) is 18.1 Å². The van der Waals surface area contributed by atoms with Crippen LogP contribution in [-0.2, 0) is 19.1 Å². The highest BCUT2D eigenvalue weighted by molar-refractivity contribution is 9.10. The average molecular weight is 518 g/mol. The van der Waals surface area contributed by atoms with Crippen molar-refractivity contribution in [3.8, 4) is 11.5 Å². The van der Waals surface area contributed by atoms with Gasteiger partial charge in [-0.05, 0) is 51.9 Å². The fourth-order valence-electron chi connectivity index (χ4n) is 5.12. The second-order valence-corrected chi connectivity index (χ2v) is 9.40. The lowest BCUT2D eigenvalue weighted by molar-refractivity contribution is -0.140. The molecule has 3 amide bonds. The van der Waals surface area contributed by atoms with Crippen molar-refractivity contribution >= 4 is 39.9 Å². The van der Waals surface area contributed by atoms with E-state index in [2.05, 4.69) is 33.2 Å². The summed E-state index contributed by atoms with van der Waals surface area (Å²) in [5.74, 6) is -0.0867. The van der Waals surface area contributed by atoms with Crippen LogP contribution in [0.15, 0.2) is 33.9 Å². The van der Waals surface area contributed by atoms with Crippen LogP contribution in [0.5, 0.6) is 11.5 Å². The molecule has 33 heavy (non-hydrogen) atoms. The van der Waals surface area contributed by atoms with Gasteiger partial charge in [-0.15, -0.1) is 0 Å². The maximum absolute atomic E-state index is 12.8. The number of benzene rings is 1. The third kappa shape index (κ3) is 3.95. The van der Waals surface area contributed by atoms with Crippen molar-refractivity contribution in [2.45, 2.75) is 6.42 Å². The van der Waals surface area contributed by atoms with Gasteiger partial charge < -0.3 is 19.1 Å². The standard InChI is InChI=1S/C23H24BrN3O6/c1-31-17-9-13(8-16(24)21(17)33-12-18(28)26-4-6-32-7-5-26)11-25-27-22(29)19-14-2-3-15(10-14)20(19)23(27)30/h2-3,8-9,11,14-15,19-20H,4-7,10,12H2,1H3/t14-,15-,19-,20+/m0/s1. The molecule has 0 unspecified atom stereocenters. The predicted octanol–water partition coefficient (Wildman–Crippen LogP) is 1.84. The molecule has 2 aliphatic heterocycles. The quantitative estimate of drug-likeness (QED) is 0.324. The summed E-state index contributed by atoms with van der Waals surface area (Å²) >= 11 is 3.46. The Labute approximate surface area is 199 Å². The molecule has 2 bridgehead atoms. The number of hydrogen-bond donors (Lipinski definition) is 0. The number of halogens is 1. The molecule has 10 heteroatoms. The van der Waals surface area contributed by atoms with Gasteiger partial charge in [0.2, 0.25) is 0 Å². The van der Waals surface area contributed by atoms with Crippen LogP contribution < -0.4 is 9.47 Å². The van der Waals surface area contributed by atoms with Crippen molar-refractivity contribution in [2.24, 2.45) is 28.8 Å². The Morgan fingerprint density at radius 2 is 1.85 bits per heavy atom. The molecule has 4 aliphatic rings. The van der Waals surface area contributed by atoms with Crippen LogP contribution in [0.3, 0.4) is 0 Å². The van der Waals surface area contributed by atoms with Crippen molar-refractivity contribution in [3.63, 3.8) is 0 Å². The highest BCUT2D eigenvalue weighted by Gasteiger charge is 2.59. The lowest BCUT2D eigenvalue weighted by atomic mass is 9.85. The van der Waals surface area contributed by atoms with E-state index >= 15 is 0 Å². The number of rotatable bonds is 6. The number of ether oxygens (including phenoxy) is 3. The van der Waals surface area contributed by atoms with Gasteiger partial charge in [0.05, 0.1) is 42.8 Å². The number of amides is 3. The summed E-state index contributed by atoms with van der Waals surface area (Å²) in [6.45, 7) is 2.01. The van der Waals surface area contributed by atoms with E-state index in [9.17, 15) is 14.4 Å². The first-order chi connectivity index (χ1) is 16.0. The number of hydrogen-bond acceptors (Lipinski definition) is 7. The molecular weight excluding hydrogens is 494 g/mol. The Bertz CT molecular complexity index is 1020. The average Bonchev–Trinajstić information content (AvgIpc) is 3.51. The molecule has 0 radical (unpaired) electrons. The van der Waals surface area contributed by atoms with Crippen LogP contribution in [0.4, 0.5) is 0 Å². The van der Waals surface area contributed by atoms with E-state index in [-0.39, 0.29) is 48.0 Å². The van der Waals surface area contributed by atoms with Crippen molar-refractivity contribution in [2.75, 3.05) is 40.0 Å². The number of allylic oxidation sites excluding steroid dienone is 2. The minimum absolute atomic E-state index is 0.127. The Morgan fingerprint density at radius 1 is 1.18 bits per heavy atom. The minimum atomic E-state index is -0.286. The fraction of sp³-hybridized carbons (Fsp3) is 0.478. The number of fused-ring (bicyclic) bond motifs is 5. The summed E-state index contributed by atoms with van der Waals surface area (Å²) in [4.78, 5) is 39.7. The van der Waals surface area contributed by atoms with Gasteiger partial charge in [-0.3, -0.25) is 14.4 Å². The normalized spacial score (nSPS) is 28.2. The molecule has 4 atom stereocenters. The molecule has 0 N–H and O–H groups in total. The summed E-state index contributed by atoms with van der Waals surface area (Å²) in [5, 5.41) is 5.22. The second kappa shape index (κ2) is 8.90. The van der Waals surface area contributed by atoms with Crippen LogP contribution in [0, 0.1) is 23.7 Å². The molecule has 0 aromatic heterocycles. The molecule has 5 rings (SSSR count). The number of nitrogens with zero attached hydrogens (tertiary/aromatic N) is 3. The van der Waals surface area contributed by atoms with Crippen LogP contribution in [-0.4, -0.2) is 73.9 Å². The van der Waals surface area contributed by atoms with E-state index in [1.54, 1.807) is 17.0 Å². The number of morpholine rings is 1. The van der Waals surface area contributed by atoms with E-state index in [4.69, 9.17) is 14.2 Å². The van der Waals surface area contributed by atoms with Crippen LogP contribution in [0.2, 0.25) is 0 Å². The van der Waals surface area contributed by atoms with E-state index in [1.807, 2.05) is 0 Å². The Balaban J connectivity index is 1.28. The second-order valence-electron chi connectivity index (χ2n) is 8.55. The van der Waals surface area contributed by atoms with E-state index in [1.165, 1.54) is 13.3 Å². The molecular formula is C23H24BrN3O6. The van der Waals surface area contributed by atoms with Gasteiger partial charge in [-0.25, -0.2) is 0 Å². The first kappa shape index (κ1) is 22.1. The fourth-order valence-corrected chi connectivity index (χ4v) is 5.69. The molecule has 9 nitrogen and oxygen atoms in total. The first-order valence-electron chi connectivity index (χ1n) is 10.9. The number of carbonyl (C=O) groups excluding carboxylic acids is 3. The largest absolute Gasteiger partial charge is 0.493 e. The van der Waals surface area contributed by atoms with Crippen molar-refractivity contribution in [3.05, 3.63) is 34.3 Å². The molecule has 174 valence electrons. The summed E-state index contributed by atoms with van der Waals surface area (Å²) in [6, 6.07) is 3.41. The number of methoxy groups -OCH3 is 1. The van der Waals surface area contributed by atoms with Gasteiger partial charge >= 0.3 is 0 Å². The van der Waals surface area contributed by atoms with Crippen LogP contribution in [0.25, 0.3) is 0 Å². The molecule has 1 saturated carbocycles. The SMILES string of the molecule is COc1cc(C=NN2C(=O)[C@@H]3[C@H](C2=O)[C@H]2C=C[C@H]3C2)cc(Br)c1OCC(=O)N1CCOCC1. The maximum Gasteiger partial charge on any atom is 0.260 e. The molecule has 1 aromatic rings. The van der Waals surface area contributed by atoms with Crippen LogP contribution in [0.1, 0.15) is 12.0 Å². The zero-order valence-corrected chi connectivity index (χ0v) is 19.7. The molecule has 0 spiro atoms. The number of imide groups is 1. The molecule has 2 heterocycles. The zero-order chi connectivity index (χ0) is 23.1. The number of hydrazone groups is 1. The molecule has 1 aromatic carbocycles. The maximum atomic E-state index is 12.8. The zero-order valence-electron chi connectivity index (χ0n) is 18.1.